The van der Waals surface area contributed by atoms with Gasteiger partial charge >= 0.3 is 0 Å². The summed E-state index contributed by atoms with van der Waals surface area (Å²) in [5, 5.41) is 112. The maximum absolute atomic E-state index is 13.5. The Kier molecular flexibility index (Phi) is 9.89. The summed E-state index contributed by atoms with van der Waals surface area (Å²) in [6.07, 6.45) is -17.5. The van der Waals surface area contributed by atoms with Crippen molar-refractivity contribution < 1.29 is 75.2 Å². The van der Waals surface area contributed by atoms with Crippen LogP contribution in [0.5, 0.6) is 23.0 Å². The molecule has 2 aliphatic heterocycles. The lowest BCUT2D eigenvalue weighted by Gasteiger charge is -2.41. The zero-order valence-corrected chi connectivity index (χ0v) is 22.0. The zero-order valence-electron chi connectivity index (χ0n) is 22.0. The Bertz CT molecular complexity index is 1230. The number of ether oxygens (including phenoxy) is 3. The van der Waals surface area contributed by atoms with Gasteiger partial charge in [-0.05, 0) is 24.1 Å². The van der Waals surface area contributed by atoms with Gasteiger partial charge in [-0.15, -0.1) is 0 Å². The Morgan fingerprint density at radius 1 is 0.762 bits per heavy atom. The number of rotatable bonds is 9. The number of aryl methyl sites for hydroxylation is 1. The van der Waals surface area contributed by atoms with Crippen LogP contribution in [-0.4, -0.2) is 130 Å². The predicted molar refractivity (Wildman–Crippen MR) is 138 cm³/mol. The van der Waals surface area contributed by atoms with E-state index in [2.05, 4.69) is 0 Å². The Balaban J connectivity index is 1.75. The first kappa shape index (κ1) is 31.8. The molecule has 11 N–H and O–H groups in total. The smallest absolute Gasteiger partial charge is 0.229 e. The number of aliphatic hydroxyl groups excluding tert-OH is 8. The van der Waals surface area contributed by atoms with Gasteiger partial charge in [0.1, 0.15) is 83.5 Å². The number of hydrogen-bond acceptors (Lipinski definition) is 15. The third-order valence-electron chi connectivity index (χ3n) is 7.41. The topological polar surface area (TPSA) is 267 Å². The molecule has 2 fully saturated rings. The van der Waals surface area contributed by atoms with Crippen LogP contribution in [0.3, 0.4) is 0 Å². The molecule has 0 radical (unpaired) electrons. The molecule has 42 heavy (non-hydrogen) atoms. The van der Waals surface area contributed by atoms with E-state index in [9.17, 15) is 61.0 Å². The molecule has 2 aromatic carbocycles. The van der Waals surface area contributed by atoms with Crippen molar-refractivity contribution in [2.75, 3.05) is 13.2 Å². The van der Waals surface area contributed by atoms with Gasteiger partial charge in [-0.3, -0.25) is 4.79 Å². The van der Waals surface area contributed by atoms with Crippen LogP contribution < -0.4 is 4.74 Å². The summed E-state index contributed by atoms with van der Waals surface area (Å²) in [4.78, 5) is 13.5. The van der Waals surface area contributed by atoms with Crippen LogP contribution in [0, 0.1) is 0 Å². The highest BCUT2D eigenvalue weighted by atomic mass is 16.7. The van der Waals surface area contributed by atoms with Crippen LogP contribution in [0.4, 0.5) is 0 Å². The van der Waals surface area contributed by atoms with Crippen molar-refractivity contribution in [2.45, 2.75) is 74.1 Å². The number of benzene rings is 2. The van der Waals surface area contributed by atoms with Crippen LogP contribution in [0.15, 0.2) is 30.3 Å². The maximum atomic E-state index is 13.5. The van der Waals surface area contributed by atoms with Crippen molar-refractivity contribution in [3.8, 4) is 23.0 Å². The number of phenolic OH excluding ortho intramolecular Hbond substituents is 3. The zero-order chi connectivity index (χ0) is 30.9. The molecule has 15 heteroatoms. The third-order valence-corrected chi connectivity index (χ3v) is 7.41. The van der Waals surface area contributed by atoms with E-state index in [0.29, 0.717) is 5.56 Å². The van der Waals surface area contributed by atoms with Crippen molar-refractivity contribution in [3.63, 3.8) is 0 Å². The van der Waals surface area contributed by atoms with E-state index in [4.69, 9.17) is 14.2 Å². The van der Waals surface area contributed by atoms with E-state index in [1.807, 2.05) is 0 Å². The molecule has 0 aromatic heterocycles. The molecule has 0 unspecified atom stereocenters. The Morgan fingerprint density at radius 2 is 1.33 bits per heavy atom. The third kappa shape index (κ3) is 6.16. The van der Waals surface area contributed by atoms with Crippen molar-refractivity contribution in [1.29, 1.82) is 0 Å². The number of carbonyl (C=O) groups excluding carboxylic acids is 1. The minimum Gasteiger partial charge on any atom is -0.508 e. The minimum atomic E-state index is -1.93. The fourth-order valence-corrected chi connectivity index (χ4v) is 4.97. The first-order chi connectivity index (χ1) is 19.9. The molecule has 0 saturated carbocycles. The lowest BCUT2D eigenvalue weighted by molar-refractivity contribution is -0.277. The summed E-state index contributed by atoms with van der Waals surface area (Å²) >= 11 is 0. The Labute approximate surface area is 238 Å². The number of ketones is 1. The van der Waals surface area contributed by atoms with Crippen LogP contribution in [-0.2, 0) is 15.9 Å². The van der Waals surface area contributed by atoms with Gasteiger partial charge in [-0.2, -0.15) is 0 Å². The van der Waals surface area contributed by atoms with Crippen molar-refractivity contribution >= 4 is 5.78 Å². The van der Waals surface area contributed by atoms with Gasteiger partial charge < -0.3 is 70.4 Å². The van der Waals surface area contributed by atoms with Gasteiger partial charge in [0.25, 0.3) is 0 Å². The van der Waals surface area contributed by atoms with Crippen LogP contribution in [0.25, 0.3) is 0 Å². The molecule has 232 valence electrons. The SMILES string of the molecule is O=C(CCc1ccc(O)cc1)c1c(O[C@@H]2O[C@H](CO)[C@@H](O)[C@H](O)[C@H]2O)cc(O)c([C@@H]2O[C@H](CO)[C@@H](O)[C@H](O)[C@H]2O)c1O. The average Bonchev–Trinajstić information content (AvgIpc) is 2.96. The van der Waals surface area contributed by atoms with Crippen LogP contribution in [0.1, 0.15) is 34.0 Å². The normalized spacial score (nSPS) is 33.3. The molecule has 2 heterocycles. The molecule has 10 atom stereocenters. The maximum Gasteiger partial charge on any atom is 0.229 e. The standard InChI is InChI=1S/C27H34O15/c28-8-15-19(33)22(36)24(38)26(40-15)18-13(32)7-14(41-27-25(39)23(37)20(34)16(9-29)42-27)17(21(18)35)12(31)6-3-10-1-4-11(30)5-2-10/h1-2,4-5,7,15-16,19-20,22-30,32-39H,3,6,8-9H2/t15-,16-,19-,20-,22+,23+,24-,25-,26+,27-/m1/s1. The van der Waals surface area contributed by atoms with Crippen molar-refractivity contribution in [2.24, 2.45) is 0 Å². The van der Waals surface area contributed by atoms with Gasteiger partial charge in [0.15, 0.2) is 5.78 Å². The molecule has 0 spiro atoms. The molecule has 2 aliphatic rings. The quantitative estimate of drug-likeness (QED) is 0.131. The van der Waals surface area contributed by atoms with Gasteiger partial charge in [0.2, 0.25) is 6.29 Å². The number of Topliss-reactive ketones (excluding diaryl/α,β-unsaturated/α-hetero) is 1. The first-order valence-electron chi connectivity index (χ1n) is 13.1. The van der Waals surface area contributed by atoms with E-state index >= 15 is 0 Å². The summed E-state index contributed by atoms with van der Waals surface area (Å²) < 4.78 is 16.4. The lowest BCUT2D eigenvalue weighted by Crippen LogP contribution is -2.60. The first-order valence-corrected chi connectivity index (χ1v) is 13.1. The van der Waals surface area contributed by atoms with E-state index in [-0.39, 0.29) is 18.6 Å². The van der Waals surface area contributed by atoms with Crippen LogP contribution in [0.2, 0.25) is 0 Å². The van der Waals surface area contributed by atoms with E-state index in [0.717, 1.165) is 6.07 Å². The second-order valence-corrected chi connectivity index (χ2v) is 10.2. The van der Waals surface area contributed by atoms with Gasteiger partial charge in [-0.25, -0.2) is 0 Å². The predicted octanol–water partition coefficient (Wildman–Crippen LogP) is -2.69. The summed E-state index contributed by atoms with van der Waals surface area (Å²) in [5.74, 6) is -3.13. The van der Waals surface area contributed by atoms with Crippen molar-refractivity contribution in [1.82, 2.24) is 0 Å². The molecular weight excluding hydrogens is 564 g/mol. The van der Waals surface area contributed by atoms with E-state index in [1.165, 1.54) is 12.1 Å². The number of phenols is 3. The van der Waals surface area contributed by atoms with Gasteiger partial charge in [0, 0.05) is 12.5 Å². The molecule has 2 saturated heterocycles. The second kappa shape index (κ2) is 13.0. The summed E-state index contributed by atoms with van der Waals surface area (Å²) in [6, 6.07) is 6.76. The molecular formula is C27H34O15. The van der Waals surface area contributed by atoms with E-state index < -0.39 is 109 Å². The number of carbonyl (C=O) groups is 1. The average molecular weight is 599 g/mol. The fraction of sp³-hybridized carbons (Fsp3) is 0.519. The highest BCUT2D eigenvalue weighted by Gasteiger charge is 2.48. The van der Waals surface area contributed by atoms with Gasteiger partial charge in [0.05, 0.1) is 18.8 Å². The largest absolute Gasteiger partial charge is 0.508 e. The molecule has 0 amide bonds. The highest BCUT2D eigenvalue weighted by Crippen LogP contribution is 2.47. The number of hydrogen-bond donors (Lipinski definition) is 11. The Hall–Kier alpha value is -3.09. The second-order valence-electron chi connectivity index (χ2n) is 10.2. The summed E-state index contributed by atoms with van der Waals surface area (Å²) in [7, 11) is 0. The van der Waals surface area contributed by atoms with Crippen molar-refractivity contribution in [3.05, 3.63) is 47.0 Å². The molecule has 4 rings (SSSR count). The lowest BCUT2D eigenvalue weighted by atomic mass is 9.88. The molecule has 0 aliphatic carbocycles. The molecule has 15 nitrogen and oxygen atoms in total. The Morgan fingerprint density at radius 3 is 1.93 bits per heavy atom. The minimum absolute atomic E-state index is 0.000594. The van der Waals surface area contributed by atoms with Gasteiger partial charge in [-0.1, -0.05) is 12.1 Å². The summed E-state index contributed by atoms with van der Waals surface area (Å²) in [5.41, 5.74) is -0.540. The number of aliphatic hydroxyl groups is 8. The fourth-order valence-electron chi connectivity index (χ4n) is 4.97. The number of aromatic hydroxyl groups is 3. The van der Waals surface area contributed by atoms with Crippen LogP contribution >= 0.6 is 0 Å². The summed E-state index contributed by atoms with van der Waals surface area (Å²) in [6.45, 7) is -1.59. The molecule has 2 aromatic rings. The monoisotopic (exact) mass is 598 g/mol. The molecule has 0 bridgehead atoms. The van der Waals surface area contributed by atoms with E-state index in [1.54, 1.807) is 12.1 Å². The highest BCUT2D eigenvalue weighted by molar-refractivity contribution is 6.02.